The van der Waals surface area contributed by atoms with Crippen molar-refractivity contribution in [1.29, 1.82) is 0 Å². The Morgan fingerprint density at radius 1 is 0.972 bits per heavy atom. The van der Waals surface area contributed by atoms with Crippen LogP contribution in [0, 0.1) is 0 Å². The second-order valence-electron chi connectivity index (χ2n) is 8.59. The van der Waals surface area contributed by atoms with E-state index in [2.05, 4.69) is 15.0 Å². The molecule has 4 rings (SSSR count). The third kappa shape index (κ3) is 4.75. The largest absolute Gasteiger partial charge is 0.450 e. The number of aromatic amines is 1. The van der Waals surface area contributed by atoms with Gasteiger partial charge in [0.1, 0.15) is 17.0 Å². The Labute approximate surface area is 207 Å². The highest BCUT2D eigenvalue weighted by atomic mass is 16.6. The number of amides is 2. The summed E-state index contributed by atoms with van der Waals surface area (Å²) in [7, 11) is 0. The second-order valence-corrected chi connectivity index (χ2v) is 8.59. The van der Waals surface area contributed by atoms with Gasteiger partial charge in [0.15, 0.2) is 5.65 Å². The van der Waals surface area contributed by atoms with Gasteiger partial charge in [-0.2, -0.15) is 0 Å². The van der Waals surface area contributed by atoms with Gasteiger partial charge in [-0.1, -0.05) is 13.8 Å². The van der Waals surface area contributed by atoms with Crippen LogP contribution < -0.4 is 11.2 Å². The van der Waals surface area contributed by atoms with Crippen LogP contribution in [0.4, 0.5) is 4.79 Å². The van der Waals surface area contributed by atoms with E-state index in [1.54, 1.807) is 28.9 Å². The lowest BCUT2D eigenvalue weighted by Crippen LogP contribution is -2.50. The highest BCUT2D eigenvalue weighted by molar-refractivity contribution is 5.92. The number of fused-ring (bicyclic) bond motifs is 1. The van der Waals surface area contributed by atoms with Gasteiger partial charge in [0, 0.05) is 51.0 Å². The Morgan fingerprint density at radius 3 is 2.25 bits per heavy atom. The lowest BCUT2D eigenvalue weighted by Gasteiger charge is -2.33. The summed E-state index contributed by atoms with van der Waals surface area (Å²) in [4.78, 5) is 65.7. The molecule has 2 amide bonds. The van der Waals surface area contributed by atoms with Crippen molar-refractivity contribution in [3.8, 4) is 11.4 Å². The van der Waals surface area contributed by atoms with Gasteiger partial charge in [-0.05, 0) is 31.9 Å². The molecule has 1 aliphatic rings. The number of carbonyl (C=O) groups is 2. The molecule has 3 aromatic rings. The molecule has 0 saturated carbocycles. The Bertz CT molecular complexity index is 1360. The van der Waals surface area contributed by atoms with Gasteiger partial charge >= 0.3 is 11.8 Å². The Hall–Kier alpha value is -3.96. The minimum atomic E-state index is -0.398. The van der Waals surface area contributed by atoms with Crippen LogP contribution in [0.2, 0.25) is 0 Å². The van der Waals surface area contributed by atoms with E-state index in [1.165, 1.54) is 15.3 Å². The van der Waals surface area contributed by atoms with Crippen molar-refractivity contribution in [2.45, 2.75) is 46.7 Å². The molecule has 0 unspecified atom stereocenters. The molecule has 0 radical (unpaired) electrons. The molecule has 0 atom stereocenters. The predicted octanol–water partition coefficient (Wildman–Crippen LogP) is 1.68. The number of imidazole rings is 1. The molecular weight excluding hydrogens is 466 g/mol. The molecular formula is C24H31N7O5. The minimum absolute atomic E-state index is 0.228. The normalized spacial score (nSPS) is 13.9. The number of aryl methyl sites for hydroxylation is 1. The lowest BCUT2D eigenvalue weighted by atomic mass is 10.2. The SMILES string of the molecule is CCCn1c(=O)c2[nH]c(-c3ccc(C(=O)N4CCN(C(=O)OCC)CC4)nc3)nc2n(CCC)c1=O. The lowest BCUT2D eigenvalue weighted by molar-refractivity contribution is 0.0566. The molecule has 12 nitrogen and oxygen atoms in total. The molecule has 0 aliphatic carbocycles. The summed E-state index contributed by atoms with van der Waals surface area (Å²) in [5.74, 6) is 0.170. The number of ether oxygens (including phenoxy) is 1. The van der Waals surface area contributed by atoms with Crippen molar-refractivity contribution in [2.24, 2.45) is 0 Å². The van der Waals surface area contributed by atoms with Crippen LogP contribution in [0.25, 0.3) is 22.6 Å². The fourth-order valence-corrected chi connectivity index (χ4v) is 4.28. The summed E-state index contributed by atoms with van der Waals surface area (Å²) in [5, 5.41) is 0. The average Bonchev–Trinajstić information content (AvgIpc) is 3.34. The summed E-state index contributed by atoms with van der Waals surface area (Å²) in [6.45, 7) is 8.29. The average molecular weight is 498 g/mol. The zero-order valence-electron chi connectivity index (χ0n) is 20.8. The molecule has 0 spiro atoms. The quantitative estimate of drug-likeness (QED) is 0.525. The number of nitrogens with zero attached hydrogens (tertiary/aromatic N) is 6. The fraction of sp³-hybridized carbons (Fsp3) is 0.500. The predicted molar refractivity (Wildman–Crippen MR) is 133 cm³/mol. The van der Waals surface area contributed by atoms with E-state index in [1.807, 2.05) is 13.8 Å². The molecule has 0 bridgehead atoms. The van der Waals surface area contributed by atoms with Crippen LogP contribution in [0.3, 0.4) is 0 Å². The zero-order chi connectivity index (χ0) is 25.8. The van der Waals surface area contributed by atoms with Crippen molar-refractivity contribution >= 4 is 23.2 Å². The summed E-state index contributed by atoms with van der Waals surface area (Å²) in [6, 6.07) is 3.32. The van der Waals surface area contributed by atoms with E-state index in [0.29, 0.717) is 75.8 Å². The molecule has 4 heterocycles. The first-order valence-electron chi connectivity index (χ1n) is 12.3. The highest BCUT2D eigenvalue weighted by Crippen LogP contribution is 2.19. The summed E-state index contributed by atoms with van der Waals surface area (Å²) in [6.07, 6.45) is 2.52. The van der Waals surface area contributed by atoms with Crippen molar-refractivity contribution in [3.05, 3.63) is 44.9 Å². The van der Waals surface area contributed by atoms with Crippen LogP contribution in [-0.2, 0) is 17.8 Å². The highest BCUT2D eigenvalue weighted by Gasteiger charge is 2.26. The van der Waals surface area contributed by atoms with E-state index < -0.39 is 5.56 Å². The van der Waals surface area contributed by atoms with Gasteiger partial charge in [0.05, 0.1) is 6.61 Å². The van der Waals surface area contributed by atoms with E-state index in [-0.39, 0.29) is 28.9 Å². The number of nitrogens with one attached hydrogen (secondary N) is 1. The maximum absolute atomic E-state index is 12.9. The summed E-state index contributed by atoms with van der Waals surface area (Å²) in [5.41, 5.74) is 0.681. The Kier molecular flexibility index (Phi) is 7.51. The summed E-state index contributed by atoms with van der Waals surface area (Å²) >= 11 is 0. The number of carbonyl (C=O) groups excluding carboxylic acids is 2. The number of piperazine rings is 1. The van der Waals surface area contributed by atoms with Gasteiger partial charge in [-0.15, -0.1) is 0 Å². The number of rotatable bonds is 7. The monoisotopic (exact) mass is 497 g/mol. The van der Waals surface area contributed by atoms with Crippen LogP contribution in [0.1, 0.15) is 44.1 Å². The topological polar surface area (TPSA) is 135 Å². The zero-order valence-corrected chi connectivity index (χ0v) is 20.8. The van der Waals surface area contributed by atoms with E-state index >= 15 is 0 Å². The van der Waals surface area contributed by atoms with Gasteiger partial charge in [-0.3, -0.25) is 23.7 Å². The van der Waals surface area contributed by atoms with E-state index in [0.717, 1.165) is 0 Å². The minimum Gasteiger partial charge on any atom is -0.450 e. The van der Waals surface area contributed by atoms with E-state index in [9.17, 15) is 19.2 Å². The molecule has 1 aliphatic heterocycles. The fourth-order valence-electron chi connectivity index (χ4n) is 4.28. The Morgan fingerprint density at radius 2 is 1.64 bits per heavy atom. The summed E-state index contributed by atoms with van der Waals surface area (Å²) < 4.78 is 7.77. The molecule has 1 N–H and O–H groups in total. The first-order valence-corrected chi connectivity index (χ1v) is 12.3. The van der Waals surface area contributed by atoms with Gasteiger partial charge < -0.3 is 19.5 Å². The van der Waals surface area contributed by atoms with Crippen molar-refractivity contribution < 1.29 is 14.3 Å². The Balaban J connectivity index is 1.56. The van der Waals surface area contributed by atoms with Crippen LogP contribution in [0.15, 0.2) is 27.9 Å². The number of hydrogen-bond acceptors (Lipinski definition) is 7. The van der Waals surface area contributed by atoms with Crippen LogP contribution in [0.5, 0.6) is 0 Å². The number of pyridine rings is 1. The standard InChI is InChI=1S/C24H31N7O5/c1-4-9-30-20-18(22(33)31(10-5-2)23(30)34)26-19(27-20)16-7-8-17(25-15-16)21(32)28-11-13-29(14-12-28)24(35)36-6-3/h7-8,15H,4-6,9-14H2,1-3H3,(H,26,27). The maximum atomic E-state index is 12.9. The van der Waals surface area contributed by atoms with Crippen LogP contribution >= 0.6 is 0 Å². The molecule has 3 aromatic heterocycles. The third-order valence-corrected chi connectivity index (χ3v) is 6.10. The molecule has 0 aromatic carbocycles. The van der Waals surface area contributed by atoms with Gasteiger partial charge in [0.25, 0.3) is 11.5 Å². The first-order chi connectivity index (χ1) is 17.4. The molecule has 12 heteroatoms. The number of aromatic nitrogens is 5. The first kappa shape index (κ1) is 25.1. The van der Waals surface area contributed by atoms with Gasteiger partial charge in [0.2, 0.25) is 0 Å². The molecule has 1 saturated heterocycles. The van der Waals surface area contributed by atoms with E-state index in [4.69, 9.17) is 4.74 Å². The molecule has 192 valence electrons. The second kappa shape index (κ2) is 10.8. The van der Waals surface area contributed by atoms with Crippen molar-refractivity contribution in [3.63, 3.8) is 0 Å². The third-order valence-electron chi connectivity index (χ3n) is 6.10. The van der Waals surface area contributed by atoms with Gasteiger partial charge in [-0.25, -0.2) is 14.6 Å². The molecule has 1 fully saturated rings. The van der Waals surface area contributed by atoms with Crippen molar-refractivity contribution in [1.82, 2.24) is 33.9 Å². The molecule has 36 heavy (non-hydrogen) atoms. The number of H-pyrrole nitrogens is 1. The smallest absolute Gasteiger partial charge is 0.409 e. The van der Waals surface area contributed by atoms with Crippen LogP contribution in [-0.4, -0.2) is 78.7 Å². The van der Waals surface area contributed by atoms with Crippen molar-refractivity contribution in [2.75, 3.05) is 32.8 Å². The number of hydrogen-bond donors (Lipinski definition) is 1. The maximum Gasteiger partial charge on any atom is 0.409 e.